The van der Waals surface area contributed by atoms with Crippen molar-refractivity contribution in [2.24, 2.45) is 5.73 Å². The molecule has 2 heteroatoms. The predicted octanol–water partition coefficient (Wildman–Crippen LogP) is 2.17. The van der Waals surface area contributed by atoms with Crippen molar-refractivity contribution in [3.05, 3.63) is 35.9 Å². The molecule has 82 valence electrons. The predicted molar refractivity (Wildman–Crippen MR) is 63.6 cm³/mol. The highest BCUT2D eigenvalue weighted by Crippen LogP contribution is 2.28. The SMILES string of the molecule is CC(c1ccccc1)N1CCCC1CN. The molecule has 1 aliphatic rings. The topological polar surface area (TPSA) is 29.3 Å². The molecule has 0 spiro atoms. The van der Waals surface area contributed by atoms with Gasteiger partial charge in [-0.15, -0.1) is 0 Å². The van der Waals surface area contributed by atoms with E-state index in [4.69, 9.17) is 5.73 Å². The van der Waals surface area contributed by atoms with Gasteiger partial charge >= 0.3 is 0 Å². The maximum absolute atomic E-state index is 5.80. The third-order valence-corrected chi connectivity index (χ3v) is 3.47. The normalized spacial score (nSPS) is 24.3. The van der Waals surface area contributed by atoms with Crippen LogP contribution in [-0.2, 0) is 0 Å². The molecule has 0 aromatic heterocycles. The van der Waals surface area contributed by atoms with Crippen LogP contribution in [0.2, 0.25) is 0 Å². The van der Waals surface area contributed by atoms with Crippen molar-refractivity contribution in [2.75, 3.05) is 13.1 Å². The van der Waals surface area contributed by atoms with Gasteiger partial charge in [-0.25, -0.2) is 0 Å². The maximum Gasteiger partial charge on any atom is 0.0323 e. The zero-order valence-electron chi connectivity index (χ0n) is 9.39. The number of benzene rings is 1. The molecular weight excluding hydrogens is 184 g/mol. The summed E-state index contributed by atoms with van der Waals surface area (Å²) in [5.74, 6) is 0. The Balaban J connectivity index is 2.10. The molecule has 1 aliphatic heterocycles. The quantitative estimate of drug-likeness (QED) is 0.817. The molecule has 0 amide bonds. The van der Waals surface area contributed by atoms with Gasteiger partial charge in [0.15, 0.2) is 0 Å². The molecule has 2 atom stereocenters. The van der Waals surface area contributed by atoms with E-state index in [1.54, 1.807) is 0 Å². The number of hydrogen-bond acceptors (Lipinski definition) is 2. The number of hydrogen-bond donors (Lipinski definition) is 1. The van der Waals surface area contributed by atoms with Gasteiger partial charge in [0.2, 0.25) is 0 Å². The molecule has 2 N–H and O–H groups in total. The fourth-order valence-electron chi connectivity index (χ4n) is 2.54. The van der Waals surface area contributed by atoms with E-state index in [2.05, 4.69) is 42.2 Å². The summed E-state index contributed by atoms with van der Waals surface area (Å²) in [6.07, 6.45) is 2.55. The highest BCUT2D eigenvalue weighted by Gasteiger charge is 2.27. The summed E-state index contributed by atoms with van der Waals surface area (Å²) >= 11 is 0. The summed E-state index contributed by atoms with van der Waals surface area (Å²) in [7, 11) is 0. The number of rotatable bonds is 3. The van der Waals surface area contributed by atoms with Crippen LogP contribution in [0.5, 0.6) is 0 Å². The van der Waals surface area contributed by atoms with Crippen molar-refractivity contribution in [2.45, 2.75) is 31.8 Å². The lowest BCUT2D eigenvalue weighted by Crippen LogP contribution is -2.37. The number of nitrogens with zero attached hydrogens (tertiary/aromatic N) is 1. The number of nitrogens with two attached hydrogens (primary N) is 1. The van der Waals surface area contributed by atoms with Crippen molar-refractivity contribution < 1.29 is 0 Å². The third-order valence-electron chi connectivity index (χ3n) is 3.47. The molecule has 1 aromatic carbocycles. The van der Waals surface area contributed by atoms with Gasteiger partial charge in [-0.05, 0) is 31.9 Å². The van der Waals surface area contributed by atoms with Crippen LogP contribution < -0.4 is 5.73 Å². The second-order valence-corrected chi connectivity index (χ2v) is 4.36. The Bertz CT molecular complexity index is 297. The van der Waals surface area contributed by atoms with E-state index in [9.17, 15) is 0 Å². The summed E-state index contributed by atoms with van der Waals surface area (Å²) in [6, 6.07) is 11.8. The van der Waals surface area contributed by atoms with Gasteiger partial charge in [-0.2, -0.15) is 0 Å². The summed E-state index contributed by atoms with van der Waals surface area (Å²) in [6.45, 7) is 4.26. The molecule has 1 heterocycles. The average molecular weight is 204 g/mol. The Morgan fingerprint density at radius 3 is 2.80 bits per heavy atom. The monoisotopic (exact) mass is 204 g/mol. The maximum atomic E-state index is 5.80. The van der Waals surface area contributed by atoms with Gasteiger partial charge in [0.05, 0.1) is 0 Å². The average Bonchev–Trinajstić information content (AvgIpc) is 2.77. The van der Waals surface area contributed by atoms with Crippen molar-refractivity contribution in [3.8, 4) is 0 Å². The largest absolute Gasteiger partial charge is 0.329 e. The molecule has 15 heavy (non-hydrogen) atoms. The van der Waals surface area contributed by atoms with Gasteiger partial charge in [0, 0.05) is 18.6 Å². The Labute approximate surface area is 92.1 Å². The van der Waals surface area contributed by atoms with Crippen molar-refractivity contribution in [1.29, 1.82) is 0 Å². The first-order valence-corrected chi connectivity index (χ1v) is 5.83. The zero-order chi connectivity index (χ0) is 10.7. The Kier molecular flexibility index (Phi) is 3.39. The zero-order valence-corrected chi connectivity index (χ0v) is 9.39. The fraction of sp³-hybridized carbons (Fsp3) is 0.538. The van der Waals surface area contributed by atoms with Crippen molar-refractivity contribution in [1.82, 2.24) is 4.90 Å². The third kappa shape index (κ3) is 2.21. The van der Waals surface area contributed by atoms with E-state index in [0.29, 0.717) is 12.1 Å². The van der Waals surface area contributed by atoms with Crippen molar-refractivity contribution >= 4 is 0 Å². The molecule has 0 aliphatic carbocycles. The van der Waals surface area contributed by atoms with Gasteiger partial charge in [0.25, 0.3) is 0 Å². The van der Waals surface area contributed by atoms with E-state index in [0.717, 1.165) is 6.54 Å². The summed E-state index contributed by atoms with van der Waals surface area (Å²) in [5, 5.41) is 0. The highest BCUT2D eigenvalue weighted by molar-refractivity contribution is 5.18. The molecule has 1 fully saturated rings. The van der Waals surface area contributed by atoms with Crippen LogP contribution >= 0.6 is 0 Å². The molecule has 2 nitrogen and oxygen atoms in total. The van der Waals surface area contributed by atoms with Crippen LogP contribution in [0.25, 0.3) is 0 Å². The van der Waals surface area contributed by atoms with Crippen LogP contribution in [0.15, 0.2) is 30.3 Å². The van der Waals surface area contributed by atoms with E-state index in [-0.39, 0.29) is 0 Å². The molecule has 1 saturated heterocycles. The molecular formula is C13H20N2. The number of likely N-dealkylation sites (tertiary alicyclic amines) is 1. The second kappa shape index (κ2) is 4.77. The van der Waals surface area contributed by atoms with Gasteiger partial charge in [0.1, 0.15) is 0 Å². The minimum absolute atomic E-state index is 0.502. The molecule has 2 unspecified atom stereocenters. The van der Waals surface area contributed by atoms with Crippen molar-refractivity contribution in [3.63, 3.8) is 0 Å². The smallest absolute Gasteiger partial charge is 0.0323 e. The molecule has 0 radical (unpaired) electrons. The minimum Gasteiger partial charge on any atom is -0.329 e. The van der Waals surface area contributed by atoms with Crippen LogP contribution in [-0.4, -0.2) is 24.0 Å². The lowest BCUT2D eigenvalue weighted by atomic mass is 10.1. The van der Waals surface area contributed by atoms with Gasteiger partial charge in [-0.1, -0.05) is 30.3 Å². The van der Waals surface area contributed by atoms with E-state index >= 15 is 0 Å². The first-order valence-electron chi connectivity index (χ1n) is 5.83. The lowest BCUT2D eigenvalue weighted by Gasteiger charge is -2.30. The van der Waals surface area contributed by atoms with Gasteiger partial charge in [-0.3, -0.25) is 4.90 Å². The summed E-state index contributed by atoms with van der Waals surface area (Å²) in [4.78, 5) is 2.54. The first-order chi connectivity index (χ1) is 7.33. The summed E-state index contributed by atoms with van der Waals surface area (Å²) in [5.41, 5.74) is 7.20. The molecule has 1 aromatic rings. The minimum atomic E-state index is 0.502. The van der Waals surface area contributed by atoms with Crippen LogP contribution in [0.3, 0.4) is 0 Å². The Morgan fingerprint density at radius 1 is 1.40 bits per heavy atom. The van der Waals surface area contributed by atoms with Gasteiger partial charge < -0.3 is 5.73 Å². The Morgan fingerprint density at radius 2 is 2.13 bits per heavy atom. The van der Waals surface area contributed by atoms with E-state index < -0.39 is 0 Å². The molecule has 0 saturated carbocycles. The van der Waals surface area contributed by atoms with Crippen LogP contribution in [0.4, 0.5) is 0 Å². The van der Waals surface area contributed by atoms with E-state index in [1.807, 2.05) is 0 Å². The standard InChI is InChI=1S/C13H20N2/c1-11(12-6-3-2-4-7-12)15-9-5-8-13(15)10-14/h2-4,6-7,11,13H,5,8-10,14H2,1H3. The molecule has 2 rings (SSSR count). The first kappa shape index (κ1) is 10.7. The fourth-order valence-corrected chi connectivity index (χ4v) is 2.54. The highest BCUT2D eigenvalue weighted by atomic mass is 15.2. The Hall–Kier alpha value is -0.860. The molecule has 0 bridgehead atoms. The second-order valence-electron chi connectivity index (χ2n) is 4.36. The van der Waals surface area contributed by atoms with Crippen LogP contribution in [0.1, 0.15) is 31.4 Å². The van der Waals surface area contributed by atoms with E-state index in [1.165, 1.54) is 24.9 Å². The summed E-state index contributed by atoms with van der Waals surface area (Å²) < 4.78 is 0. The van der Waals surface area contributed by atoms with Crippen LogP contribution in [0, 0.1) is 0 Å². The lowest BCUT2D eigenvalue weighted by molar-refractivity contribution is 0.197.